The van der Waals surface area contributed by atoms with Gasteiger partial charge in [-0.25, -0.2) is 0 Å². The van der Waals surface area contributed by atoms with Crippen LogP contribution in [0.3, 0.4) is 0 Å². The van der Waals surface area contributed by atoms with Crippen LogP contribution in [0.25, 0.3) is 0 Å². The van der Waals surface area contributed by atoms with Crippen LogP contribution in [-0.2, 0) is 0 Å². The number of hydrogen-bond donors (Lipinski definition) is 0. The van der Waals surface area contributed by atoms with Gasteiger partial charge in [-0.1, -0.05) is 25.2 Å². The summed E-state index contributed by atoms with van der Waals surface area (Å²) >= 11 is 0. The highest BCUT2D eigenvalue weighted by Crippen LogP contribution is 1.94. The molecule has 0 unspecified atom stereocenters. The molecule has 1 heteroatoms. The minimum absolute atomic E-state index is 1.06. The summed E-state index contributed by atoms with van der Waals surface area (Å²) in [5.41, 5.74) is 1.19. The lowest BCUT2D eigenvalue weighted by Gasteiger charge is -1.88. The monoisotopic (exact) mass is 137 g/mol. The van der Waals surface area contributed by atoms with Gasteiger partial charge in [-0.3, -0.25) is 4.99 Å². The molecule has 0 saturated carbocycles. The molecule has 0 fully saturated rings. The first-order valence-corrected chi connectivity index (χ1v) is 3.60. The van der Waals surface area contributed by atoms with E-state index in [9.17, 15) is 0 Å². The van der Waals surface area contributed by atoms with E-state index in [1.54, 1.807) is 7.05 Å². The lowest BCUT2D eigenvalue weighted by molar-refractivity contribution is 1.22. The number of aliphatic imine (C=N–C) groups is 1. The second-order valence-corrected chi connectivity index (χ2v) is 2.00. The molecule has 0 saturated heterocycles. The van der Waals surface area contributed by atoms with Crippen molar-refractivity contribution >= 4 is 6.21 Å². The zero-order valence-electron chi connectivity index (χ0n) is 6.96. The van der Waals surface area contributed by atoms with Crippen molar-refractivity contribution in [2.75, 3.05) is 7.05 Å². The van der Waals surface area contributed by atoms with Gasteiger partial charge in [0, 0.05) is 13.3 Å². The van der Waals surface area contributed by atoms with Crippen LogP contribution in [0.4, 0.5) is 0 Å². The van der Waals surface area contributed by atoms with Crippen molar-refractivity contribution in [1.29, 1.82) is 0 Å². The van der Waals surface area contributed by atoms with Gasteiger partial charge < -0.3 is 0 Å². The summed E-state index contributed by atoms with van der Waals surface area (Å²) in [5.74, 6) is 0. The Morgan fingerprint density at radius 3 is 2.60 bits per heavy atom. The highest BCUT2D eigenvalue weighted by atomic mass is 14.6. The van der Waals surface area contributed by atoms with Crippen LogP contribution in [0.2, 0.25) is 0 Å². The first kappa shape index (κ1) is 9.15. The van der Waals surface area contributed by atoms with Crippen LogP contribution in [-0.4, -0.2) is 13.3 Å². The van der Waals surface area contributed by atoms with Gasteiger partial charge in [-0.15, -0.1) is 0 Å². The molecule has 0 aromatic carbocycles. The Labute approximate surface area is 63.2 Å². The van der Waals surface area contributed by atoms with Crippen molar-refractivity contribution in [3.05, 3.63) is 23.8 Å². The average molecular weight is 137 g/mol. The lowest BCUT2D eigenvalue weighted by Crippen LogP contribution is -1.78. The van der Waals surface area contributed by atoms with E-state index in [4.69, 9.17) is 0 Å². The van der Waals surface area contributed by atoms with E-state index in [1.807, 2.05) is 19.2 Å². The molecule has 1 nitrogen and oxygen atoms in total. The molecule has 56 valence electrons. The predicted molar refractivity (Wildman–Crippen MR) is 47.6 cm³/mol. The Balaban J connectivity index is 4.11. The molecule has 0 heterocycles. The average Bonchev–Trinajstić information content (AvgIpc) is 1.90. The Morgan fingerprint density at radius 2 is 2.20 bits per heavy atom. The number of nitrogens with zero attached hydrogens (tertiary/aromatic N) is 1. The van der Waals surface area contributed by atoms with Crippen molar-refractivity contribution in [1.82, 2.24) is 0 Å². The predicted octanol–water partition coefficient (Wildman–Crippen LogP) is 2.60. The Hall–Kier alpha value is -0.850. The molecular formula is C9H15N. The maximum Gasteiger partial charge on any atom is 0.0278 e. The fraction of sp³-hybridized carbons (Fsp3) is 0.444. The SMILES string of the molecule is C/C=C\C(C=NC)=C/CC. The quantitative estimate of drug-likeness (QED) is 0.419. The topological polar surface area (TPSA) is 12.4 Å². The summed E-state index contributed by atoms with van der Waals surface area (Å²) in [6.45, 7) is 4.12. The third kappa shape index (κ3) is 4.07. The van der Waals surface area contributed by atoms with E-state index in [0.717, 1.165) is 6.42 Å². The van der Waals surface area contributed by atoms with E-state index in [-0.39, 0.29) is 0 Å². The maximum atomic E-state index is 3.93. The highest BCUT2D eigenvalue weighted by Gasteiger charge is 1.81. The second kappa shape index (κ2) is 6.27. The standard InChI is InChI=1S/C9H15N/c1-4-6-9(7-5-2)8-10-3/h4,6-8H,5H2,1-3H3/b6-4-,9-7+,10-8?. The first-order valence-electron chi connectivity index (χ1n) is 3.60. The second-order valence-electron chi connectivity index (χ2n) is 2.00. The molecule has 0 N–H and O–H groups in total. The van der Waals surface area contributed by atoms with Crippen molar-refractivity contribution in [3.63, 3.8) is 0 Å². The fourth-order valence-corrected chi connectivity index (χ4v) is 0.741. The summed E-state index contributed by atoms with van der Waals surface area (Å²) in [5, 5.41) is 0. The third-order valence-corrected chi connectivity index (χ3v) is 1.08. The molecule has 0 aliphatic carbocycles. The third-order valence-electron chi connectivity index (χ3n) is 1.08. The normalized spacial score (nSPS) is 13.7. The number of allylic oxidation sites excluding steroid dienone is 4. The lowest BCUT2D eigenvalue weighted by atomic mass is 10.2. The molecule has 0 aliphatic rings. The van der Waals surface area contributed by atoms with Crippen molar-refractivity contribution in [2.45, 2.75) is 20.3 Å². The molecule has 10 heavy (non-hydrogen) atoms. The summed E-state index contributed by atoms with van der Waals surface area (Å²) in [6, 6.07) is 0. The number of hydrogen-bond acceptors (Lipinski definition) is 1. The van der Waals surface area contributed by atoms with E-state index >= 15 is 0 Å². The van der Waals surface area contributed by atoms with Gasteiger partial charge in [0.05, 0.1) is 0 Å². The van der Waals surface area contributed by atoms with Crippen LogP contribution in [0.5, 0.6) is 0 Å². The largest absolute Gasteiger partial charge is 0.296 e. The first-order chi connectivity index (χ1) is 4.85. The van der Waals surface area contributed by atoms with Gasteiger partial charge in [0.1, 0.15) is 0 Å². The summed E-state index contributed by atoms with van der Waals surface area (Å²) in [6.07, 6.45) is 9.14. The molecular weight excluding hydrogens is 122 g/mol. The molecule has 0 atom stereocenters. The van der Waals surface area contributed by atoms with Gasteiger partial charge in [0.15, 0.2) is 0 Å². The van der Waals surface area contributed by atoms with Gasteiger partial charge >= 0.3 is 0 Å². The highest BCUT2D eigenvalue weighted by molar-refractivity contribution is 5.81. The van der Waals surface area contributed by atoms with E-state index in [1.165, 1.54) is 5.57 Å². The fourth-order valence-electron chi connectivity index (χ4n) is 0.741. The van der Waals surface area contributed by atoms with Crippen LogP contribution < -0.4 is 0 Å². The molecule has 0 aromatic rings. The Bertz CT molecular complexity index is 138. The molecule has 0 rings (SSSR count). The van der Waals surface area contributed by atoms with E-state index in [2.05, 4.69) is 24.1 Å². The summed E-state index contributed by atoms with van der Waals surface area (Å²) < 4.78 is 0. The molecule has 0 radical (unpaired) electrons. The van der Waals surface area contributed by atoms with Crippen molar-refractivity contribution in [2.24, 2.45) is 4.99 Å². The van der Waals surface area contributed by atoms with Crippen LogP contribution in [0.15, 0.2) is 28.8 Å². The molecule has 0 aromatic heterocycles. The van der Waals surface area contributed by atoms with Crippen LogP contribution in [0, 0.1) is 0 Å². The maximum absolute atomic E-state index is 3.93. The van der Waals surface area contributed by atoms with Crippen LogP contribution in [0.1, 0.15) is 20.3 Å². The van der Waals surface area contributed by atoms with E-state index < -0.39 is 0 Å². The van der Waals surface area contributed by atoms with Crippen molar-refractivity contribution in [3.8, 4) is 0 Å². The molecule has 0 amide bonds. The van der Waals surface area contributed by atoms with Gasteiger partial charge in [-0.2, -0.15) is 0 Å². The molecule has 0 spiro atoms. The van der Waals surface area contributed by atoms with E-state index in [0.29, 0.717) is 0 Å². The van der Waals surface area contributed by atoms with Crippen LogP contribution >= 0.6 is 0 Å². The Kier molecular flexibility index (Phi) is 5.74. The van der Waals surface area contributed by atoms with Gasteiger partial charge in [-0.05, 0) is 18.9 Å². The Morgan fingerprint density at radius 1 is 1.50 bits per heavy atom. The smallest absolute Gasteiger partial charge is 0.0278 e. The number of rotatable bonds is 3. The summed E-state index contributed by atoms with van der Waals surface area (Å²) in [4.78, 5) is 3.93. The zero-order chi connectivity index (χ0) is 7.82. The molecule has 0 bridgehead atoms. The minimum atomic E-state index is 1.06. The zero-order valence-corrected chi connectivity index (χ0v) is 6.96. The van der Waals surface area contributed by atoms with Gasteiger partial charge in [0.2, 0.25) is 0 Å². The summed E-state index contributed by atoms with van der Waals surface area (Å²) in [7, 11) is 1.78. The van der Waals surface area contributed by atoms with Crippen molar-refractivity contribution < 1.29 is 0 Å². The molecule has 0 aliphatic heterocycles. The minimum Gasteiger partial charge on any atom is -0.296 e. The van der Waals surface area contributed by atoms with Gasteiger partial charge in [0.25, 0.3) is 0 Å².